The van der Waals surface area contributed by atoms with Crippen LogP contribution in [0.15, 0.2) is 27.3 Å². The summed E-state index contributed by atoms with van der Waals surface area (Å²) in [4.78, 5) is 22.2. The minimum absolute atomic E-state index is 0.0912. The van der Waals surface area contributed by atoms with Crippen LogP contribution < -0.4 is 5.32 Å². The lowest BCUT2D eigenvalue weighted by Crippen LogP contribution is -2.11. The number of furan rings is 1. The monoisotopic (exact) mass is 236 g/mol. The number of amides is 1. The largest absolute Gasteiger partial charge is 0.478 e. The summed E-state index contributed by atoms with van der Waals surface area (Å²) >= 11 is 0. The molecule has 0 atom stereocenters. The van der Waals surface area contributed by atoms with E-state index in [9.17, 15) is 9.59 Å². The van der Waals surface area contributed by atoms with Crippen LogP contribution in [0, 0.1) is 6.92 Å². The molecule has 0 saturated heterocycles. The lowest BCUT2D eigenvalue weighted by molar-refractivity contribution is 0.0696. The highest BCUT2D eigenvalue weighted by atomic mass is 16.5. The zero-order valence-electron chi connectivity index (χ0n) is 8.76. The Morgan fingerprint density at radius 3 is 2.71 bits per heavy atom. The minimum atomic E-state index is -1.16. The predicted molar refractivity (Wildman–Crippen MR) is 54.9 cm³/mol. The van der Waals surface area contributed by atoms with E-state index in [1.165, 1.54) is 6.07 Å². The van der Waals surface area contributed by atoms with Gasteiger partial charge in [0.2, 0.25) is 0 Å². The molecule has 88 valence electrons. The van der Waals surface area contributed by atoms with Gasteiger partial charge in [-0.1, -0.05) is 5.16 Å². The van der Waals surface area contributed by atoms with E-state index >= 15 is 0 Å². The van der Waals surface area contributed by atoms with Crippen molar-refractivity contribution in [3.05, 3.63) is 35.5 Å². The van der Waals surface area contributed by atoms with Crippen molar-refractivity contribution in [2.75, 3.05) is 5.32 Å². The van der Waals surface area contributed by atoms with E-state index in [0.717, 1.165) is 12.3 Å². The lowest BCUT2D eigenvalue weighted by atomic mass is 10.3. The fourth-order valence-electron chi connectivity index (χ4n) is 1.17. The second-order valence-electron chi connectivity index (χ2n) is 3.28. The number of aromatic nitrogens is 1. The Morgan fingerprint density at radius 2 is 2.18 bits per heavy atom. The van der Waals surface area contributed by atoms with E-state index in [1.807, 2.05) is 0 Å². The number of carbonyl (C=O) groups excluding carboxylic acids is 1. The molecule has 0 unspecified atom stereocenters. The molecule has 2 aromatic rings. The molecule has 0 spiro atoms. The van der Waals surface area contributed by atoms with Crippen molar-refractivity contribution in [3.63, 3.8) is 0 Å². The van der Waals surface area contributed by atoms with Gasteiger partial charge >= 0.3 is 5.97 Å². The predicted octanol–water partition coefficient (Wildman–Crippen LogP) is 1.53. The number of rotatable bonds is 3. The van der Waals surface area contributed by atoms with Crippen LogP contribution >= 0.6 is 0 Å². The summed E-state index contributed by atoms with van der Waals surface area (Å²) in [6.45, 7) is 1.68. The third-order valence-electron chi connectivity index (χ3n) is 1.94. The molecule has 2 rings (SSSR count). The van der Waals surface area contributed by atoms with Crippen LogP contribution in [0.25, 0.3) is 0 Å². The van der Waals surface area contributed by atoms with E-state index in [-0.39, 0.29) is 17.1 Å². The highest BCUT2D eigenvalue weighted by Crippen LogP contribution is 2.12. The number of anilines is 1. The molecule has 0 aliphatic rings. The molecule has 0 aliphatic carbocycles. The summed E-state index contributed by atoms with van der Waals surface area (Å²) in [6.07, 6.45) is 0.991. The van der Waals surface area contributed by atoms with Gasteiger partial charge in [0.15, 0.2) is 11.6 Å². The smallest absolute Gasteiger partial charge is 0.338 e. The molecule has 0 aromatic carbocycles. The van der Waals surface area contributed by atoms with Crippen molar-refractivity contribution in [2.45, 2.75) is 6.92 Å². The summed E-state index contributed by atoms with van der Waals surface area (Å²) in [7, 11) is 0. The molecule has 2 aromatic heterocycles. The van der Waals surface area contributed by atoms with E-state index in [0.29, 0.717) is 5.76 Å². The van der Waals surface area contributed by atoms with Gasteiger partial charge in [-0.15, -0.1) is 0 Å². The standard InChI is InChI=1S/C10H8N2O5/c1-5-2-8(12-17-5)11-9(13)7-3-6(4-16-7)10(14)15/h2-4H,1H3,(H,14,15)(H,11,12,13). The fraction of sp³-hybridized carbons (Fsp3) is 0.100. The highest BCUT2D eigenvalue weighted by Gasteiger charge is 2.15. The normalized spacial score (nSPS) is 10.2. The van der Waals surface area contributed by atoms with E-state index in [1.54, 1.807) is 6.92 Å². The van der Waals surface area contributed by atoms with Gasteiger partial charge in [-0.3, -0.25) is 4.79 Å². The van der Waals surface area contributed by atoms with Gasteiger partial charge in [-0.25, -0.2) is 4.79 Å². The zero-order valence-corrected chi connectivity index (χ0v) is 8.76. The summed E-state index contributed by atoms with van der Waals surface area (Å²) in [6, 6.07) is 2.66. The summed E-state index contributed by atoms with van der Waals surface area (Å²) < 4.78 is 9.57. The van der Waals surface area contributed by atoms with Gasteiger partial charge in [-0.05, 0) is 6.92 Å². The molecule has 2 N–H and O–H groups in total. The maximum Gasteiger partial charge on any atom is 0.338 e. The Hall–Kier alpha value is -2.57. The number of aryl methyl sites for hydroxylation is 1. The average Bonchev–Trinajstić information content (AvgIpc) is 2.86. The molecule has 0 bridgehead atoms. The Labute approximate surface area is 95.0 Å². The first-order chi connectivity index (χ1) is 8.06. The SMILES string of the molecule is Cc1cc(NC(=O)c2cc(C(=O)O)co2)no1. The van der Waals surface area contributed by atoms with Crippen LogP contribution in [0.3, 0.4) is 0 Å². The maximum atomic E-state index is 11.6. The Morgan fingerprint density at radius 1 is 1.41 bits per heavy atom. The topological polar surface area (TPSA) is 106 Å². The first-order valence-corrected chi connectivity index (χ1v) is 4.63. The molecular formula is C10H8N2O5. The average molecular weight is 236 g/mol. The van der Waals surface area contributed by atoms with Crippen molar-refractivity contribution in [2.24, 2.45) is 0 Å². The van der Waals surface area contributed by atoms with Crippen LogP contribution in [0.1, 0.15) is 26.7 Å². The van der Waals surface area contributed by atoms with Gasteiger partial charge < -0.3 is 19.4 Å². The van der Waals surface area contributed by atoms with Gasteiger partial charge in [0, 0.05) is 12.1 Å². The zero-order chi connectivity index (χ0) is 12.4. The van der Waals surface area contributed by atoms with Gasteiger partial charge in [-0.2, -0.15) is 0 Å². The second-order valence-corrected chi connectivity index (χ2v) is 3.28. The number of hydrogen-bond donors (Lipinski definition) is 2. The highest BCUT2D eigenvalue weighted by molar-refractivity contribution is 6.03. The molecule has 1 amide bonds. The first-order valence-electron chi connectivity index (χ1n) is 4.63. The number of carboxylic acid groups (broad SMARTS) is 1. The van der Waals surface area contributed by atoms with Gasteiger partial charge in [0.1, 0.15) is 12.0 Å². The summed E-state index contributed by atoms with van der Waals surface area (Å²) in [5.74, 6) is -1.08. The fourth-order valence-corrected chi connectivity index (χ4v) is 1.17. The van der Waals surface area contributed by atoms with Crippen LogP contribution in [-0.4, -0.2) is 22.1 Å². The maximum absolute atomic E-state index is 11.6. The first kappa shape index (κ1) is 10.9. The quantitative estimate of drug-likeness (QED) is 0.836. The van der Waals surface area contributed by atoms with E-state index < -0.39 is 11.9 Å². The van der Waals surface area contributed by atoms with Crippen LogP contribution in [-0.2, 0) is 0 Å². The third kappa shape index (κ3) is 2.33. The molecular weight excluding hydrogens is 228 g/mol. The summed E-state index contributed by atoms with van der Waals surface area (Å²) in [5.41, 5.74) is -0.0912. The number of hydrogen-bond acceptors (Lipinski definition) is 5. The number of aromatic carboxylic acids is 1. The number of carbonyl (C=O) groups is 2. The molecule has 0 aliphatic heterocycles. The van der Waals surface area contributed by atoms with E-state index in [2.05, 4.69) is 10.5 Å². The Balaban J connectivity index is 2.11. The van der Waals surface area contributed by atoms with Gasteiger partial charge in [0.25, 0.3) is 5.91 Å². The molecule has 7 nitrogen and oxygen atoms in total. The number of nitrogens with zero attached hydrogens (tertiary/aromatic N) is 1. The van der Waals surface area contributed by atoms with Crippen molar-refractivity contribution < 1.29 is 23.6 Å². The molecule has 17 heavy (non-hydrogen) atoms. The van der Waals surface area contributed by atoms with Crippen molar-refractivity contribution >= 4 is 17.7 Å². The molecule has 0 radical (unpaired) electrons. The van der Waals surface area contributed by atoms with Crippen LogP contribution in [0.2, 0.25) is 0 Å². The van der Waals surface area contributed by atoms with Crippen LogP contribution in [0.5, 0.6) is 0 Å². The van der Waals surface area contributed by atoms with Crippen molar-refractivity contribution in [1.29, 1.82) is 0 Å². The Kier molecular flexibility index (Phi) is 2.65. The molecule has 0 saturated carbocycles. The number of carboxylic acids is 1. The molecule has 7 heteroatoms. The van der Waals surface area contributed by atoms with Gasteiger partial charge in [0.05, 0.1) is 5.56 Å². The van der Waals surface area contributed by atoms with Crippen LogP contribution in [0.4, 0.5) is 5.82 Å². The lowest BCUT2D eigenvalue weighted by Gasteiger charge is -1.95. The third-order valence-corrected chi connectivity index (χ3v) is 1.94. The minimum Gasteiger partial charge on any atom is -0.478 e. The van der Waals surface area contributed by atoms with E-state index in [4.69, 9.17) is 14.0 Å². The molecule has 2 heterocycles. The van der Waals surface area contributed by atoms with Crippen molar-refractivity contribution in [3.8, 4) is 0 Å². The second kappa shape index (κ2) is 4.12. The summed E-state index contributed by atoms with van der Waals surface area (Å²) in [5, 5.41) is 14.6. The molecule has 0 fully saturated rings. The number of nitrogens with one attached hydrogen (secondary N) is 1. The Bertz CT molecular complexity index is 569. The van der Waals surface area contributed by atoms with Crippen molar-refractivity contribution in [1.82, 2.24) is 5.16 Å².